The number of hydrogen-bond acceptors (Lipinski definition) is 4. The van der Waals surface area contributed by atoms with Crippen molar-refractivity contribution >= 4 is 23.4 Å². The number of aromatic nitrogens is 3. The van der Waals surface area contributed by atoms with Crippen LogP contribution in [-0.2, 0) is 11.3 Å². The molecule has 0 aliphatic rings. The lowest BCUT2D eigenvalue weighted by molar-refractivity contribution is -0.113. The number of carbonyl (C=O) groups is 1. The topological polar surface area (TPSA) is 59.8 Å². The van der Waals surface area contributed by atoms with Crippen LogP contribution in [0, 0.1) is 19.7 Å². The van der Waals surface area contributed by atoms with Crippen LogP contribution in [0.4, 0.5) is 10.1 Å². The van der Waals surface area contributed by atoms with E-state index in [0.717, 1.165) is 22.4 Å². The quantitative estimate of drug-likeness (QED) is 0.638. The number of nitrogens with one attached hydrogen (secondary N) is 1. The molecule has 0 aliphatic heterocycles. The molecule has 140 valence electrons. The van der Waals surface area contributed by atoms with Gasteiger partial charge in [0.05, 0.1) is 5.75 Å². The van der Waals surface area contributed by atoms with Gasteiger partial charge in [-0.1, -0.05) is 23.9 Å². The predicted octanol–water partition coefficient (Wildman–Crippen LogP) is 4.45. The monoisotopic (exact) mass is 384 g/mol. The smallest absolute Gasteiger partial charge is 0.234 e. The number of benzene rings is 2. The molecule has 0 spiro atoms. The van der Waals surface area contributed by atoms with Crippen LogP contribution in [0.15, 0.2) is 47.6 Å². The molecule has 7 heteroatoms. The lowest BCUT2D eigenvalue weighted by Crippen LogP contribution is -2.15. The summed E-state index contributed by atoms with van der Waals surface area (Å²) in [5, 5.41) is 12.0. The van der Waals surface area contributed by atoms with Gasteiger partial charge in [-0.05, 0) is 62.2 Å². The third-order valence-electron chi connectivity index (χ3n) is 4.14. The zero-order valence-electron chi connectivity index (χ0n) is 15.5. The molecule has 1 N–H and O–H groups in total. The fraction of sp³-hybridized carbons (Fsp3) is 0.250. The van der Waals surface area contributed by atoms with Gasteiger partial charge in [-0.25, -0.2) is 4.39 Å². The van der Waals surface area contributed by atoms with Gasteiger partial charge < -0.3 is 9.88 Å². The summed E-state index contributed by atoms with van der Waals surface area (Å²) in [6.45, 7) is 6.59. The van der Waals surface area contributed by atoms with Gasteiger partial charge in [0.25, 0.3) is 0 Å². The van der Waals surface area contributed by atoms with Crippen LogP contribution in [0.25, 0.3) is 11.4 Å². The average molecular weight is 384 g/mol. The van der Waals surface area contributed by atoms with Crippen molar-refractivity contribution < 1.29 is 9.18 Å². The van der Waals surface area contributed by atoms with Crippen LogP contribution < -0.4 is 5.32 Å². The number of aryl methyl sites for hydroxylation is 2. The zero-order chi connectivity index (χ0) is 19.4. The summed E-state index contributed by atoms with van der Waals surface area (Å²) in [6.07, 6.45) is 0. The highest BCUT2D eigenvalue weighted by molar-refractivity contribution is 7.99. The second kappa shape index (κ2) is 8.35. The Kier molecular flexibility index (Phi) is 5.91. The Morgan fingerprint density at radius 2 is 1.89 bits per heavy atom. The SMILES string of the molecule is CCn1c(SCC(=O)Nc2cc(C)ccc2C)nnc1-c1ccc(F)cc1. The van der Waals surface area contributed by atoms with E-state index in [1.54, 1.807) is 12.1 Å². The summed E-state index contributed by atoms with van der Waals surface area (Å²) in [5.74, 6) is 0.506. The molecule has 3 rings (SSSR count). The van der Waals surface area contributed by atoms with E-state index < -0.39 is 0 Å². The maximum Gasteiger partial charge on any atom is 0.234 e. The molecule has 1 amide bonds. The third kappa shape index (κ3) is 4.54. The first-order valence-electron chi connectivity index (χ1n) is 8.67. The minimum atomic E-state index is -0.293. The van der Waals surface area contributed by atoms with Gasteiger partial charge in [-0.15, -0.1) is 10.2 Å². The van der Waals surface area contributed by atoms with E-state index in [-0.39, 0.29) is 17.5 Å². The summed E-state index contributed by atoms with van der Waals surface area (Å²) in [5.41, 5.74) is 3.73. The van der Waals surface area contributed by atoms with E-state index in [4.69, 9.17) is 0 Å². The molecule has 0 aliphatic carbocycles. The number of thioether (sulfide) groups is 1. The summed E-state index contributed by atoms with van der Waals surface area (Å²) in [6, 6.07) is 12.1. The van der Waals surface area contributed by atoms with Crippen molar-refractivity contribution in [2.75, 3.05) is 11.1 Å². The van der Waals surface area contributed by atoms with Crippen LogP contribution in [0.2, 0.25) is 0 Å². The van der Waals surface area contributed by atoms with Crippen LogP contribution in [0.1, 0.15) is 18.1 Å². The standard InChI is InChI=1S/C20H21FN4OS/c1-4-25-19(15-7-9-16(21)10-8-15)23-24-20(25)27-12-18(26)22-17-11-13(2)5-6-14(17)3/h5-11H,4,12H2,1-3H3,(H,22,26). The van der Waals surface area contributed by atoms with Crippen LogP contribution >= 0.6 is 11.8 Å². The third-order valence-corrected chi connectivity index (χ3v) is 5.10. The maximum absolute atomic E-state index is 13.1. The van der Waals surface area contributed by atoms with Crippen molar-refractivity contribution in [2.24, 2.45) is 0 Å². The first kappa shape index (κ1) is 19.1. The molecular weight excluding hydrogens is 363 g/mol. The Hall–Kier alpha value is -2.67. The van der Waals surface area contributed by atoms with Crippen molar-refractivity contribution in [1.82, 2.24) is 14.8 Å². The van der Waals surface area contributed by atoms with Crippen molar-refractivity contribution in [3.05, 3.63) is 59.4 Å². The zero-order valence-corrected chi connectivity index (χ0v) is 16.3. The number of carbonyl (C=O) groups excluding carboxylic acids is 1. The molecule has 1 heterocycles. The molecular formula is C20H21FN4OS. The molecule has 1 aromatic heterocycles. The lowest BCUT2D eigenvalue weighted by Gasteiger charge is -2.10. The predicted molar refractivity (Wildman–Crippen MR) is 106 cm³/mol. The molecule has 3 aromatic rings. The van der Waals surface area contributed by atoms with Gasteiger partial charge in [-0.3, -0.25) is 4.79 Å². The fourth-order valence-electron chi connectivity index (χ4n) is 2.68. The highest BCUT2D eigenvalue weighted by Gasteiger charge is 2.15. The van der Waals surface area contributed by atoms with E-state index in [1.807, 2.05) is 43.5 Å². The van der Waals surface area contributed by atoms with Crippen LogP contribution in [0.5, 0.6) is 0 Å². The normalized spacial score (nSPS) is 10.8. The summed E-state index contributed by atoms with van der Waals surface area (Å²) in [7, 11) is 0. The summed E-state index contributed by atoms with van der Waals surface area (Å²) in [4.78, 5) is 12.3. The van der Waals surface area contributed by atoms with Gasteiger partial charge >= 0.3 is 0 Å². The van der Waals surface area contributed by atoms with E-state index in [2.05, 4.69) is 15.5 Å². The van der Waals surface area contributed by atoms with Gasteiger partial charge in [0.2, 0.25) is 5.91 Å². The number of nitrogens with zero attached hydrogens (tertiary/aromatic N) is 3. The second-order valence-electron chi connectivity index (χ2n) is 6.21. The minimum absolute atomic E-state index is 0.0947. The highest BCUT2D eigenvalue weighted by Crippen LogP contribution is 2.24. The summed E-state index contributed by atoms with van der Waals surface area (Å²) < 4.78 is 15.1. The number of rotatable bonds is 6. The fourth-order valence-corrected chi connectivity index (χ4v) is 3.48. The number of amides is 1. The molecule has 2 aromatic carbocycles. The average Bonchev–Trinajstić information content (AvgIpc) is 3.06. The Bertz CT molecular complexity index is 953. The Morgan fingerprint density at radius 3 is 2.59 bits per heavy atom. The molecule has 0 bridgehead atoms. The highest BCUT2D eigenvalue weighted by atomic mass is 32.2. The maximum atomic E-state index is 13.1. The molecule has 5 nitrogen and oxygen atoms in total. The van der Waals surface area contributed by atoms with Crippen molar-refractivity contribution in [3.63, 3.8) is 0 Å². The number of hydrogen-bond donors (Lipinski definition) is 1. The molecule has 0 saturated heterocycles. The van der Waals surface area contributed by atoms with Gasteiger partial charge in [0.1, 0.15) is 5.82 Å². The molecule has 0 saturated carbocycles. The van der Waals surface area contributed by atoms with Crippen molar-refractivity contribution in [2.45, 2.75) is 32.5 Å². The van der Waals surface area contributed by atoms with Crippen LogP contribution in [0.3, 0.4) is 0 Å². The number of anilines is 1. The molecule has 0 radical (unpaired) electrons. The number of halogens is 1. The van der Waals surface area contributed by atoms with Crippen LogP contribution in [-0.4, -0.2) is 26.4 Å². The Balaban J connectivity index is 1.70. The molecule has 0 atom stereocenters. The van der Waals surface area contributed by atoms with Gasteiger partial charge in [-0.2, -0.15) is 0 Å². The van der Waals surface area contributed by atoms with E-state index in [0.29, 0.717) is 17.5 Å². The van der Waals surface area contributed by atoms with E-state index >= 15 is 0 Å². The first-order chi connectivity index (χ1) is 13.0. The summed E-state index contributed by atoms with van der Waals surface area (Å²) >= 11 is 1.33. The van der Waals surface area contributed by atoms with E-state index in [9.17, 15) is 9.18 Å². The molecule has 27 heavy (non-hydrogen) atoms. The second-order valence-corrected chi connectivity index (χ2v) is 7.16. The van der Waals surface area contributed by atoms with Crippen molar-refractivity contribution in [1.29, 1.82) is 0 Å². The minimum Gasteiger partial charge on any atom is -0.325 e. The van der Waals surface area contributed by atoms with E-state index in [1.165, 1.54) is 23.9 Å². The van der Waals surface area contributed by atoms with Gasteiger partial charge in [0, 0.05) is 17.8 Å². The van der Waals surface area contributed by atoms with Gasteiger partial charge in [0.15, 0.2) is 11.0 Å². The molecule has 0 fully saturated rings. The lowest BCUT2D eigenvalue weighted by atomic mass is 10.1. The van der Waals surface area contributed by atoms with Crippen molar-refractivity contribution in [3.8, 4) is 11.4 Å². The molecule has 0 unspecified atom stereocenters. The Morgan fingerprint density at radius 1 is 1.15 bits per heavy atom. The first-order valence-corrected chi connectivity index (χ1v) is 9.65. The largest absolute Gasteiger partial charge is 0.325 e. The Labute approximate surface area is 162 Å².